The van der Waals surface area contributed by atoms with Crippen LogP contribution in [0.1, 0.15) is 27.2 Å². The van der Waals surface area contributed by atoms with Gasteiger partial charge in [0.1, 0.15) is 11.7 Å². The van der Waals surface area contributed by atoms with Gasteiger partial charge in [-0.25, -0.2) is 4.39 Å². The highest BCUT2D eigenvalue weighted by molar-refractivity contribution is 7.18. The highest BCUT2D eigenvalue weighted by Crippen LogP contribution is 2.26. The third-order valence-corrected chi connectivity index (χ3v) is 6.32. The number of carbonyl (C=O) groups excluding carboxylic acids is 1. The zero-order valence-corrected chi connectivity index (χ0v) is 17.6. The Morgan fingerprint density at radius 1 is 1.10 bits per heavy atom. The molecule has 0 unspecified atom stereocenters. The maximum absolute atomic E-state index is 14.3. The number of ketones is 1. The minimum atomic E-state index is -0.288. The Morgan fingerprint density at radius 3 is 2.48 bits per heavy atom. The van der Waals surface area contributed by atoms with E-state index in [9.17, 15) is 9.18 Å². The van der Waals surface area contributed by atoms with Gasteiger partial charge in [0, 0.05) is 25.6 Å². The molecule has 0 N–H and O–H groups in total. The quantitative estimate of drug-likeness (QED) is 0.472. The lowest BCUT2D eigenvalue weighted by atomic mass is 9.98. The summed E-state index contributed by atoms with van der Waals surface area (Å²) in [6, 6.07) is 16.6. The van der Waals surface area contributed by atoms with Crippen molar-refractivity contribution in [2.75, 3.05) is 20.1 Å². The molecule has 3 nitrogen and oxygen atoms in total. The number of aliphatic imine (C=N–C) groups is 1. The molecule has 2 aromatic carbocycles. The molecular weight excluding hydrogens is 407 g/mol. The first kappa shape index (κ1) is 19.8. The lowest BCUT2D eigenvalue weighted by Gasteiger charge is -2.14. The lowest BCUT2D eigenvalue weighted by Crippen LogP contribution is -2.23. The van der Waals surface area contributed by atoms with E-state index in [1.165, 1.54) is 17.4 Å². The maximum atomic E-state index is 14.3. The number of halogens is 2. The molecular formula is C23H20ClFN2OS. The Hall–Kier alpha value is -2.50. The Morgan fingerprint density at radius 2 is 1.83 bits per heavy atom. The smallest absolute Gasteiger partial charge is 0.173 e. The van der Waals surface area contributed by atoms with Gasteiger partial charge in [-0.3, -0.25) is 9.79 Å². The number of Topliss-reactive ketones (excluding diaryl/α,β-unsaturated/α-hetero) is 1. The number of likely N-dealkylation sites (N-methyl/N-ethyl adjacent to an activating group) is 1. The molecule has 29 heavy (non-hydrogen) atoms. The molecule has 0 fully saturated rings. The molecule has 0 atom stereocenters. The number of hydrogen-bond donors (Lipinski definition) is 0. The van der Waals surface area contributed by atoms with Gasteiger partial charge in [-0.2, -0.15) is 0 Å². The van der Waals surface area contributed by atoms with Crippen molar-refractivity contribution in [3.8, 4) is 11.1 Å². The summed E-state index contributed by atoms with van der Waals surface area (Å²) in [6.45, 7) is 1.76. The predicted octanol–water partition coefficient (Wildman–Crippen LogP) is 5.72. The number of aryl methyl sites for hydroxylation is 1. The molecule has 0 radical (unpaired) electrons. The first-order chi connectivity index (χ1) is 14.0. The van der Waals surface area contributed by atoms with Crippen molar-refractivity contribution in [1.29, 1.82) is 0 Å². The van der Waals surface area contributed by atoms with Crippen molar-refractivity contribution < 1.29 is 9.18 Å². The van der Waals surface area contributed by atoms with Crippen LogP contribution in [0.4, 0.5) is 4.39 Å². The Bertz CT molecular complexity index is 1070. The molecule has 0 spiro atoms. The van der Waals surface area contributed by atoms with Crippen molar-refractivity contribution in [3.05, 3.63) is 80.8 Å². The van der Waals surface area contributed by atoms with E-state index in [0.717, 1.165) is 35.6 Å². The molecule has 1 aliphatic rings. The van der Waals surface area contributed by atoms with Crippen LogP contribution < -0.4 is 0 Å². The maximum Gasteiger partial charge on any atom is 0.173 e. The number of benzene rings is 2. The second kappa shape index (κ2) is 8.47. The second-order valence-electron chi connectivity index (χ2n) is 7.04. The fraction of sp³-hybridized carbons (Fsp3) is 0.217. The second-order valence-corrected chi connectivity index (χ2v) is 8.75. The number of carbonyl (C=O) groups is 1. The number of thiophene rings is 1. The number of nitrogens with zero attached hydrogens (tertiary/aromatic N) is 2. The molecule has 0 aliphatic carbocycles. The lowest BCUT2D eigenvalue weighted by molar-refractivity contribution is 0.0986. The summed E-state index contributed by atoms with van der Waals surface area (Å²) in [4.78, 5) is 19.6. The average Bonchev–Trinajstić information content (AvgIpc) is 3.35. The average molecular weight is 427 g/mol. The fourth-order valence-electron chi connectivity index (χ4n) is 3.44. The van der Waals surface area contributed by atoms with Gasteiger partial charge < -0.3 is 4.90 Å². The zero-order chi connectivity index (χ0) is 20.4. The Labute approximate surface area is 178 Å². The van der Waals surface area contributed by atoms with Gasteiger partial charge >= 0.3 is 0 Å². The van der Waals surface area contributed by atoms with Crippen molar-refractivity contribution in [1.82, 2.24) is 4.90 Å². The van der Waals surface area contributed by atoms with Crippen LogP contribution in [0.2, 0.25) is 4.34 Å². The summed E-state index contributed by atoms with van der Waals surface area (Å²) in [5.41, 5.74) is 3.56. The summed E-state index contributed by atoms with van der Waals surface area (Å²) in [6.07, 6.45) is 0.607. The molecule has 1 aromatic heterocycles. The van der Waals surface area contributed by atoms with E-state index in [0.29, 0.717) is 21.2 Å². The van der Waals surface area contributed by atoms with Crippen LogP contribution in [0.15, 0.2) is 59.6 Å². The van der Waals surface area contributed by atoms with E-state index >= 15 is 0 Å². The minimum absolute atomic E-state index is 0.0162. The third-order valence-electron chi connectivity index (χ3n) is 5.05. The summed E-state index contributed by atoms with van der Waals surface area (Å²) >= 11 is 7.15. The Balaban J connectivity index is 1.50. The monoisotopic (exact) mass is 426 g/mol. The summed E-state index contributed by atoms with van der Waals surface area (Å²) in [5.74, 6) is 0.699. The molecule has 0 amide bonds. The first-order valence-electron chi connectivity index (χ1n) is 9.44. The highest BCUT2D eigenvalue weighted by atomic mass is 35.5. The SMILES string of the molecule is CN1CCN=C1c1ccc(-c2ccc(F)c(CCC(=O)c3ccc(Cl)s3)c2)cc1. The van der Waals surface area contributed by atoms with Gasteiger partial charge in [0.25, 0.3) is 0 Å². The molecule has 1 aliphatic heterocycles. The van der Waals surface area contributed by atoms with Gasteiger partial charge in [-0.05, 0) is 47.4 Å². The highest BCUT2D eigenvalue weighted by Gasteiger charge is 2.15. The van der Waals surface area contributed by atoms with Crippen LogP contribution in [0.25, 0.3) is 11.1 Å². The van der Waals surface area contributed by atoms with E-state index in [1.807, 2.05) is 37.4 Å². The van der Waals surface area contributed by atoms with E-state index < -0.39 is 0 Å². The molecule has 3 aromatic rings. The van der Waals surface area contributed by atoms with Crippen LogP contribution in [0.3, 0.4) is 0 Å². The van der Waals surface area contributed by atoms with Gasteiger partial charge in [-0.1, -0.05) is 41.9 Å². The summed E-state index contributed by atoms with van der Waals surface area (Å²) in [7, 11) is 2.04. The van der Waals surface area contributed by atoms with Crippen molar-refractivity contribution in [2.45, 2.75) is 12.8 Å². The fourth-order valence-corrected chi connectivity index (χ4v) is 4.45. The molecule has 0 saturated heterocycles. The molecule has 6 heteroatoms. The van der Waals surface area contributed by atoms with Crippen molar-refractivity contribution in [3.63, 3.8) is 0 Å². The topological polar surface area (TPSA) is 32.7 Å². The van der Waals surface area contributed by atoms with E-state index in [1.54, 1.807) is 18.2 Å². The van der Waals surface area contributed by atoms with Gasteiger partial charge in [0.05, 0.1) is 15.8 Å². The Kier molecular flexibility index (Phi) is 5.79. The third kappa shape index (κ3) is 4.41. The molecule has 0 bridgehead atoms. The summed E-state index contributed by atoms with van der Waals surface area (Å²) in [5, 5.41) is 0. The normalized spacial score (nSPS) is 13.6. The first-order valence-corrected chi connectivity index (χ1v) is 10.6. The molecule has 0 saturated carbocycles. The largest absolute Gasteiger partial charge is 0.358 e. The van der Waals surface area contributed by atoms with Crippen LogP contribution in [-0.2, 0) is 6.42 Å². The number of rotatable bonds is 6. The zero-order valence-electron chi connectivity index (χ0n) is 16.0. The number of hydrogen-bond acceptors (Lipinski definition) is 4. The van der Waals surface area contributed by atoms with Crippen molar-refractivity contribution >= 4 is 34.6 Å². The van der Waals surface area contributed by atoms with Crippen molar-refractivity contribution in [2.24, 2.45) is 4.99 Å². The van der Waals surface area contributed by atoms with Gasteiger partial charge in [0.2, 0.25) is 0 Å². The van der Waals surface area contributed by atoms with Crippen LogP contribution in [0.5, 0.6) is 0 Å². The van der Waals surface area contributed by atoms with Gasteiger partial charge in [0.15, 0.2) is 5.78 Å². The van der Waals surface area contributed by atoms with E-state index in [-0.39, 0.29) is 18.0 Å². The molecule has 148 valence electrons. The summed E-state index contributed by atoms with van der Waals surface area (Å²) < 4.78 is 14.9. The van der Waals surface area contributed by atoms with Crippen LogP contribution in [0, 0.1) is 5.82 Å². The van der Waals surface area contributed by atoms with Crippen LogP contribution >= 0.6 is 22.9 Å². The van der Waals surface area contributed by atoms with Crippen LogP contribution in [-0.4, -0.2) is 36.7 Å². The number of amidine groups is 1. The standard InChI is InChI=1S/C23H20ClFN2OS/c1-27-13-12-26-23(27)16-4-2-15(3-5-16)17-6-8-19(25)18(14-17)7-9-20(28)21-10-11-22(24)29-21/h2-6,8,10-11,14H,7,9,12-13H2,1H3. The predicted molar refractivity (Wildman–Crippen MR) is 118 cm³/mol. The minimum Gasteiger partial charge on any atom is -0.358 e. The molecule has 2 heterocycles. The van der Waals surface area contributed by atoms with E-state index in [2.05, 4.69) is 9.89 Å². The van der Waals surface area contributed by atoms with Gasteiger partial charge in [-0.15, -0.1) is 11.3 Å². The van der Waals surface area contributed by atoms with E-state index in [4.69, 9.17) is 11.6 Å². The molecule has 4 rings (SSSR count).